The summed E-state index contributed by atoms with van der Waals surface area (Å²) >= 11 is 0. The van der Waals surface area contributed by atoms with Crippen molar-refractivity contribution in [2.24, 2.45) is 0 Å². The van der Waals surface area contributed by atoms with Crippen LogP contribution in [0.4, 0.5) is 0 Å². The van der Waals surface area contributed by atoms with Gasteiger partial charge in [0.15, 0.2) is 0 Å². The Morgan fingerprint density at radius 1 is 0.889 bits per heavy atom. The van der Waals surface area contributed by atoms with Crippen LogP contribution in [0, 0.1) is 6.92 Å². The largest absolute Gasteiger partial charge is 0.0622 e. The van der Waals surface area contributed by atoms with E-state index in [4.69, 9.17) is 0 Å². The minimum absolute atomic E-state index is 0.778. The molecule has 1 aliphatic carbocycles. The highest BCUT2D eigenvalue weighted by Crippen LogP contribution is 2.39. The van der Waals surface area contributed by atoms with Crippen LogP contribution in [-0.4, -0.2) is 0 Å². The molecule has 0 heterocycles. The van der Waals surface area contributed by atoms with Gasteiger partial charge in [-0.15, -0.1) is 0 Å². The summed E-state index contributed by atoms with van der Waals surface area (Å²) in [6.45, 7) is 2.20. The van der Waals surface area contributed by atoms with E-state index in [1.54, 1.807) is 5.56 Å². The molecule has 0 aliphatic heterocycles. The molecule has 1 saturated carbocycles. The maximum Gasteiger partial charge on any atom is -0.0149 e. The van der Waals surface area contributed by atoms with Gasteiger partial charge in [0.05, 0.1) is 0 Å². The summed E-state index contributed by atoms with van der Waals surface area (Å²) in [5.41, 5.74) is 5.75. The Hall–Kier alpha value is -1.56. The first kappa shape index (κ1) is 11.5. The van der Waals surface area contributed by atoms with Crippen molar-refractivity contribution in [1.29, 1.82) is 0 Å². The van der Waals surface area contributed by atoms with E-state index in [1.165, 1.54) is 42.4 Å². The van der Waals surface area contributed by atoms with E-state index in [9.17, 15) is 0 Å². The molecule has 0 heteroatoms. The zero-order valence-corrected chi connectivity index (χ0v) is 11.0. The number of hydrogen-bond acceptors (Lipinski definition) is 0. The van der Waals surface area contributed by atoms with Crippen LogP contribution < -0.4 is 0 Å². The predicted molar refractivity (Wildman–Crippen MR) is 77.8 cm³/mol. The molecule has 0 amide bonds. The topological polar surface area (TPSA) is 0 Å². The number of hydrogen-bond donors (Lipinski definition) is 0. The lowest BCUT2D eigenvalue weighted by molar-refractivity contribution is 0.724. The highest BCUT2D eigenvalue weighted by molar-refractivity contribution is 5.68. The van der Waals surface area contributed by atoms with Crippen LogP contribution in [0.1, 0.15) is 42.7 Å². The maximum atomic E-state index is 2.40. The van der Waals surface area contributed by atoms with Crippen molar-refractivity contribution in [2.75, 3.05) is 0 Å². The summed E-state index contributed by atoms with van der Waals surface area (Å²) < 4.78 is 0. The average Bonchev–Trinajstić information content (AvgIpc) is 2.93. The second-order valence-electron chi connectivity index (χ2n) is 5.44. The fraction of sp³-hybridized carbons (Fsp3) is 0.333. The smallest absolute Gasteiger partial charge is 0.0149 e. The lowest BCUT2D eigenvalue weighted by atomic mass is 9.88. The third-order valence-electron chi connectivity index (χ3n) is 4.09. The SMILES string of the molecule is Cc1ccc(-c2ccccc2)c(C2CCCC2)c1. The minimum Gasteiger partial charge on any atom is -0.0622 e. The molecule has 18 heavy (non-hydrogen) atoms. The highest BCUT2D eigenvalue weighted by atomic mass is 14.2. The Balaban J connectivity index is 2.08. The van der Waals surface area contributed by atoms with Crippen LogP contribution in [0.2, 0.25) is 0 Å². The van der Waals surface area contributed by atoms with Crippen molar-refractivity contribution in [3.05, 3.63) is 59.7 Å². The number of aryl methyl sites for hydroxylation is 1. The summed E-state index contributed by atoms with van der Waals surface area (Å²) in [5.74, 6) is 0.778. The summed E-state index contributed by atoms with van der Waals surface area (Å²) in [6, 6.07) is 17.7. The molecule has 0 aromatic heterocycles. The van der Waals surface area contributed by atoms with Crippen molar-refractivity contribution in [3.63, 3.8) is 0 Å². The van der Waals surface area contributed by atoms with Gasteiger partial charge in [0.2, 0.25) is 0 Å². The minimum atomic E-state index is 0.778. The molecule has 1 aliphatic rings. The number of benzene rings is 2. The first-order valence-electron chi connectivity index (χ1n) is 7.00. The molecule has 2 aromatic rings. The predicted octanol–water partition coefficient (Wildman–Crippen LogP) is 5.32. The Labute approximate surface area is 110 Å². The quantitative estimate of drug-likeness (QED) is 0.662. The molecule has 1 fully saturated rings. The zero-order valence-electron chi connectivity index (χ0n) is 11.0. The monoisotopic (exact) mass is 236 g/mol. The van der Waals surface area contributed by atoms with Crippen molar-refractivity contribution in [1.82, 2.24) is 0 Å². The first-order valence-corrected chi connectivity index (χ1v) is 7.00. The molecular weight excluding hydrogens is 216 g/mol. The van der Waals surface area contributed by atoms with Gasteiger partial charge < -0.3 is 0 Å². The van der Waals surface area contributed by atoms with E-state index in [2.05, 4.69) is 55.5 Å². The van der Waals surface area contributed by atoms with Crippen molar-refractivity contribution >= 4 is 0 Å². The van der Waals surface area contributed by atoms with Gasteiger partial charge in [-0.2, -0.15) is 0 Å². The first-order chi connectivity index (χ1) is 8.84. The van der Waals surface area contributed by atoms with Gasteiger partial charge in [-0.1, -0.05) is 66.9 Å². The fourth-order valence-electron chi connectivity index (χ4n) is 3.14. The van der Waals surface area contributed by atoms with Crippen LogP contribution in [-0.2, 0) is 0 Å². The molecule has 0 unspecified atom stereocenters. The van der Waals surface area contributed by atoms with Gasteiger partial charge in [-0.05, 0) is 42.4 Å². The molecule has 0 atom stereocenters. The fourth-order valence-corrected chi connectivity index (χ4v) is 3.14. The molecule has 0 saturated heterocycles. The molecule has 0 nitrogen and oxygen atoms in total. The summed E-state index contributed by atoms with van der Waals surface area (Å²) in [6.07, 6.45) is 5.52. The molecular formula is C18H20. The summed E-state index contributed by atoms with van der Waals surface area (Å²) in [7, 11) is 0. The van der Waals surface area contributed by atoms with Gasteiger partial charge in [-0.25, -0.2) is 0 Å². The van der Waals surface area contributed by atoms with E-state index in [0.717, 1.165) is 5.92 Å². The molecule has 0 spiro atoms. The zero-order chi connectivity index (χ0) is 12.4. The van der Waals surface area contributed by atoms with Crippen LogP contribution in [0.3, 0.4) is 0 Å². The van der Waals surface area contributed by atoms with Crippen LogP contribution in [0.25, 0.3) is 11.1 Å². The Morgan fingerprint density at radius 3 is 2.33 bits per heavy atom. The number of rotatable bonds is 2. The van der Waals surface area contributed by atoms with E-state index in [0.29, 0.717) is 0 Å². The Kier molecular flexibility index (Phi) is 3.19. The second-order valence-corrected chi connectivity index (χ2v) is 5.44. The van der Waals surface area contributed by atoms with Gasteiger partial charge in [0, 0.05) is 0 Å². The van der Waals surface area contributed by atoms with Crippen molar-refractivity contribution in [3.8, 4) is 11.1 Å². The van der Waals surface area contributed by atoms with Gasteiger partial charge in [-0.3, -0.25) is 0 Å². The normalized spacial score (nSPS) is 16.1. The Bertz CT molecular complexity index is 519. The van der Waals surface area contributed by atoms with E-state index in [-0.39, 0.29) is 0 Å². The van der Waals surface area contributed by atoms with Crippen molar-refractivity contribution < 1.29 is 0 Å². The summed E-state index contributed by atoms with van der Waals surface area (Å²) in [5, 5.41) is 0. The lowest BCUT2D eigenvalue weighted by Gasteiger charge is -2.16. The van der Waals surface area contributed by atoms with E-state index in [1.807, 2.05) is 0 Å². The molecule has 92 valence electrons. The second kappa shape index (κ2) is 4.97. The third kappa shape index (κ3) is 2.20. The maximum absolute atomic E-state index is 2.40. The third-order valence-corrected chi connectivity index (χ3v) is 4.09. The summed E-state index contributed by atoms with van der Waals surface area (Å²) in [4.78, 5) is 0. The molecule has 0 bridgehead atoms. The van der Waals surface area contributed by atoms with E-state index < -0.39 is 0 Å². The van der Waals surface area contributed by atoms with Crippen LogP contribution >= 0.6 is 0 Å². The molecule has 0 N–H and O–H groups in total. The molecule has 2 aromatic carbocycles. The average molecular weight is 236 g/mol. The van der Waals surface area contributed by atoms with Crippen molar-refractivity contribution in [2.45, 2.75) is 38.5 Å². The van der Waals surface area contributed by atoms with Gasteiger partial charge in [0.1, 0.15) is 0 Å². The van der Waals surface area contributed by atoms with Gasteiger partial charge in [0.25, 0.3) is 0 Å². The Morgan fingerprint density at radius 2 is 1.61 bits per heavy atom. The van der Waals surface area contributed by atoms with E-state index >= 15 is 0 Å². The highest BCUT2D eigenvalue weighted by Gasteiger charge is 2.20. The van der Waals surface area contributed by atoms with Gasteiger partial charge >= 0.3 is 0 Å². The molecule has 3 rings (SSSR count). The standard InChI is InChI=1S/C18H20/c1-14-11-12-17(15-7-3-2-4-8-15)18(13-14)16-9-5-6-10-16/h2-4,7-8,11-13,16H,5-6,9-10H2,1H3. The van der Waals surface area contributed by atoms with Crippen LogP contribution in [0.15, 0.2) is 48.5 Å². The lowest BCUT2D eigenvalue weighted by Crippen LogP contribution is -1.96. The van der Waals surface area contributed by atoms with Crippen LogP contribution in [0.5, 0.6) is 0 Å². The molecule has 0 radical (unpaired) electrons.